The Hall–Kier alpha value is -1.44. The fourth-order valence-electron chi connectivity index (χ4n) is 2.52. The maximum absolute atomic E-state index is 14.1. The molecule has 20 heavy (non-hydrogen) atoms. The van der Waals surface area contributed by atoms with Gasteiger partial charge in [0.2, 0.25) is 0 Å². The molecule has 1 fully saturated rings. The summed E-state index contributed by atoms with van der Waals surface area (Å²) in [7, 11) is 0. The van der Waals surface area contributed by atoms with Gasteiger partial charge in [-0.2, -0.15) is 0 Å². The average molecular weight is 288 g/mol. The Kier molecular flexibility index (Phi) is 4.42. The van der Waals surface area contributed by atoms with Crippen molar-refractivity contribution in [2.45, 2.75) is 12.0 Å². The second kappa shape index (κ2) is 5.90. The Labute approximate surface area is 115 Å². The third kappa shape index (κ3) is 3.17. The summed E-state index contributed by atoms with van der Waals surface area (Å²) in [5.41, 5.74) is 0.0865. The normalized spacial score (nSPS) is 18.9. The van der Waals surface area contributed by atoms with Gasteiger partial charge < -0.3 is 20.6 Å². The van der Waals surface area contributed by atoms with Gasteiger partial charge in [-0.15, -0.1) is 0 Å². The lowest BCUT2D eigenvalue weighted by molar-refractivity contribution is -0.118. The lowest BCUT2D eigenvalue weighted by Crippen LogP contribution is -2.51. The number of piperazine rings is 1. The molecule has 0 saturated carbocycles. The quantitative estimate of drug-likeness (QED) is 0.655. The number of nitrogens with zero attached hydrogens (tertiary/aromatic N) is 1. The summed E-state index contributed by atoms with van der Waals surface area (Å²) in [6.45, 7) is 0.650. The minimum Gasteiger partial charge on any atom is -0.508 e. The fraction of sp³-hybridized carbons (Fsp3) is 0.538. The first-order chi connectivity index (χ1) is 9.44. The molecule has 1 saturated heterocycles. The second-order valence-electron chi connectivity index (χ2n) is 4.89. The van der Waals surface area contributed by atoms with Gasteiger partial charge >= 0.3 is 0 Å². The number of hydrogen-bond donors (Lipinski definition) is 4. The maximum atomic E-state index is 14.1. The highest BCUT2D eigenvalue weighted by Crippen LogP contribution is 2.38. The highest BCUT2D eigenvalue weighted by atomic mass is 19.3. The van der Waals surface area contributed by atoms with Crippen LogP contribution in [0.2, 0.25) is 0 Å². The Morgan fingerprint density at radius 1 is 1.15 bits per heavy atom. The van der Waals surface area contributed by atoms with E-state index in [1.54, 1.807) is 4.90 Å². The van der Waals surface area contributed by atoms with E-state index in [1.807, 2.05) is 0 Å². The number of aliphatic hydroxyl groups excluding tert-OH is 1. The van der Waals surface area contributed by atoms with E-state index in [4.69, 9.17) is 5.11 Å². The number of phenolic OH excluding ortho intramolecular Hbond substituents is 2. The van der Waals surface area contributed by atoms with Crippen molar-refractivity contribution >= 4 is 0 Å². The lowest BCUT2D eigenvalue weighted by Gasteiger charge is -2.38. The van der Waals surface area contributed by atoms with Gasteiger partial charge in [0.25, 0.3) is 5.92 Å². The van der Waals surface area contributed by atoms with Crippen LogP contribution >= 0.6 is 0 Å². The lowest BCUT2D eigenvalue weighted by atomic mass is 9.97. The Balaban J connectivity index is 2.39. The predicted octanol–water partition coefficient (Wildman–Crippen LogP) is 0.672. The van der Waals surface area contributed by atoms with E-state index in [0.29, 0.717) is 26.2 Å². The van der Waals surface area contributed by atoms with Crippen LogP contribution in [0.4, 0.5) is 8.78 Å². The summed E-state index contributed by atoms with van der Waals surface area (Å²) in [6, 6.07) is 2.08. The van der Waals surface area contributed by atoms with E-state index >= 15 is 0 Å². The predicted molar refractivity (Wildman–Crippen MR) is 69.0 cm³/mol. The van der Waals surface area contributed by atoms with Gasteiger partial charge in [-0.25, -0.2) is 8.78 Å². The van der Waals surface area contributed by atoms with E-state index in [1.165, 1.54) is 12.1 Å². The van der Waals surface area contributed by atoms with Crippen LogP contribution in [0.15, 0.2) is 18.2 Å². The van der Waals surface area contributed by atoms with Crippen LogP contribution in [0, 0.1) is 0 Å². The largest absolute Gasteiger partial charge is 0.508 e. The monoisotopic (exact) mass is 288 g/mol. The summed E-state index contributed by atoms with van der Waals surface area (Å²) in [5, 5.41) is 31.0. The number of alkyl halides is 2. The first-order valence-corrected chi connectivity index (χ1v) is 6.40. The van der Waals surface area contributed by atoms with Gasteiger partial charge in [0.15, 0.2) is 0 Å². The second-order valence-corrected chi connectivity index (χ2v) is 4.89. The Morgan fingerprint density at radius 3 is 2.20 bits per heavy atom. The minimum absolute atomic E-state index is 0.0865. The number of halogens is 2. The van der Waals surface area contributed by atoms with Crippen LogP contribution < -0.4 is 5.32 Å². The van der Waals surface area contributed by atoms with Gasteiger partial charge in [-0.1, -0.05) is 0 Å². The van der Waals surface area contributed by atoms with Crippen molar-refractivity contribution in [2.75, 3.05) is 32.8 Å². The molecule has 1 aromatic rings. The summed E-state index contributed by atoms with van der Waals surface area (Å²) >= 11 is 0. The van der Waals surface area contributed by atoms with Crippen molar-refractivity contribution in [1.82, 2.24) is 10.2 Å². The number of nitrogens with one attached hydrogen (secondary N) is 1. The molecule has 0 aromatic heterocycles. The molecule has 0 aliphatic carbocycles. The third-order valence-electron chi connectivity index (χ3n) is 3.37. The van der Waals surface area contributed by atoms with Crippen molar-refractivity contribution in [3.8, 4) is 11.5 Å². The van der Waals surface area contributed by atoms with Crippen molar-refractivity contribution in [3.63, 3.8) is 0 Å². The molecule has 1 aromatic carbocycles. The van der Waals surface area contributed by atoms with Crippen molar-refractivity contribution < 1.29 is 24.1 Å². The van der Waals surface area contributed by atoms with Gasteiger partial charge in [-0.3, -0.25) is 4.90 Å². The molecule has 1 aliphatic rings. The standard InChI is InChI=1S/C13H18F2N2O3/c14-13(15,8-18)12(17-3-1-16-2-4-17)9-5-10(19)7-11(20)6-9/h5-7,12,16,18-20H,1-4,8H2/t12-/m0/s1. The summed E-state index contributed by atoms with van der Waals surface area (Å²) in [5.74, 6) is -3.93. The number of benzene rings is 1. The number of hydrogen-bond acceptors (Lipinski definition) is 5. The summed E-state index contributed by atoms with van der Waals surface area (Å²) in [4.78, 5) is 1.54. The van der Waals surface area contributed by atoms with E-state index in [-0.39, 0.29) is 17.1 Å². The summed E-state index contributed by atoms with van der Waals surface area (Å²) < 4.78 is 28.2. The van der Waals surface area contributed by atoms with E-state index in [9.17, 15) is 19.0 Å². The average Bonchev–Trinajstić information content (AvgIpc) is 2.39. The molecule has 0 bridgehead atoms. The summed E-state index contributed by atoms with van der Waals surface area (Å²) in [6.07, 6.45) is 0. The van der Waals surface area contributed by atoms with Gasteiger partial charge in [0, 0.05) is 32.2 Å². The van der Waals surface area contributed by atoms with Crippen molar-refractivity contribution in [3.05, 3.63) is 23.8 Å². The molecule has 1 heterocycles. The Bertz CT molecular complexity index is 445. The van der Waals surface area contributed by atoms with Crippen LogP contribution in [-0.2, 0) is 0 Å². The van der Waals surface area contributed by atoms with E-state index < -0.39 is 18.6 Å². The van der Waals surface area contributed by atoms with E-state index in [0.717, 1.165) is 6.07 Å². The smallest absolute Gasteiger partial charge is 0.289 e. The molecule has 0 amide bonds. The molecule has 4 N–H and O–H groups in total. The third-order valence-corrected chi connectivity index (χ3v) is 3.37. The van der Waals surface area contributed by atoms with Crippen LogP contribution in [0.1, 0.15) is 11.6 Å². The van der Waals surface area contributed by atoms with E-state index in [2.05, 4.69) is 5.32 Å². The van der Waals surface area contributed by atoms with Crippen molar-refractivity contribution in [2.24, 2.45) is 0 Å². The molecule has 1 atom stereocenters. The number of phenols is 2. The van der Waals surface area contributed by atoms with Crippen LogP contribution in [-0.4, -0.2) is 58.9 Å². The Morgan fingerprint density at radius 2 is 1.70 bits per heavy atom. The maximum Gasteiger partial charge on any atom is 0.289 e. The SMILES string of the molecule is OCC(F)(F)[C@H](c1cc(O)cc(O)c1)N1CCNCC1. The number of aromatic hydroxyl groups is 2. The minimum atomic E-state index is -3.36. The molecule has 5 nitrogen and oxygen atoms in total. The topological polar surface area (TPSA) is 76.0 Å². The zero-order valence-electron chi connectivity index (χ0n) is 10.9. The molecule has 7 heteroatoms. The first-order valence-electron chi connectivity index (χ1n) is 6.40. The fourth-order valence-corrected chi connectivity index (χ4v) is 2.52. The molecule has 1 aliphatic heterocycles. The van der Waals surface area contributed by atoms with Gasteiger partial charge in [-0.05, 0) is 17.7 Å². The highest BCUT2D eigenvalue weighted by Gasteiger charge is 2.44. The molecule has 0 radical (unpaired) electrons. The molecule has 112 valence electrons. The molecular formula is C13H18F2N2O3. The van der Waals surface area contributed by atoms with Crippen LogP contribution in [0.5, 0.6) is 11.5 Å². The zero-order valence-corrected chi connectivity index (χ0v) is 10.9. The number of rotatable bonds is 4. The molecular weight excluding hydrogens is 270 g/mol. The van der Waals surface area contributed by atoms with Gasteiger partial charge in [0.05, 0.1) is 0 Å². The van der Waals surface area contributed by atoms with Gasteiger partial charge in [0.1, 0.15) is 24.1 Å². The highest BCUT2D eigenvalue weighted by molar-refractivity contribution is 5.39. The van der Waals surface area contributed by atoms with Crippen LogP contribution in [0.3, 0.4) is 0 Å². The molecule has 0 unspecified atom stereocenters. The molecule has 2 rings (SSSR count). The van der Waals surface area contributed by atoms with Crippen molar-refractivity contribution in [1.29, 1.82) is 0 Å². The number of aliphatic hydroxyl groups is 1. The first kappa shape index (κ1) is 15.0. The zero-order chi connectivity index (χ0) is 14.8. The molecule has 0 spiro atoms. The van der Waals surface area contributed by atoms with Crippen LogP contribution in [0.25, 0.3) is 0 Å².